The van der Waals surface area contributed by atoms with E-state index in [4.69, 9.17) is 4.74 Å². The monoisotopic (exact) mass is 429 g/mol. The lowest BCUT2D eigenvalue weighted by Gasteiger charge is -2.26. The summed E-state index contributed by atoms with van der Waals surface area (Å²) in [5.74, 6) is 0.496. The standard InChI is InChI=1S/C26H27N3O3/c1-19(21-11-7-13-23(17-21)32-18-22-12-5-6-15-27-22)28-25(30)24-14-8-16-29(24)26(31)20-9-3-2-4-10-20/h2-7,9-13,15,17,19,24H,8,14,16,18H2,1H3,(H,28,30). The molecule has 0 saturated carbocycles. The van der Waals surface area contributed by atoms with Crippen molar-refractivity contribution in [3.8, 4) is 5.75 Å². The van der Waals surface area contributed by atoms with Crippen LogP contribution in [-0.2, 0) is 11.4 Å². The van der Waals surface area contributed by atoms with Gasteiger partial charge in [-0.2, -0.15) is 0 Å². The van der Waals surface area contributed by atoms with Crippen LogP contribution in [0.3, 0.4) is 0 Å². The maximum Gasteiger partial charge on any atom is 0.254 e. The van der Waals surface area contributed by atoms with Gasteiger partial charge in [0.1, 0.15) is 18.4 Å². The van der Waals surface area contributed by atoms with E-state index in [1.54, 1.807) is 23.2 Å². The molecular formula is C26H27N3O3. The van der Waals surface area contributed by atoms with Gasteiger partial charge in [-0.05, 0) is 61.7 Å². The van der Waals surface area contributed by atoms with Gasteiger partial charge in [-0.1, -0.05) is 36.4 Å². The molecule has 0 aliphatic carbocycles. The van der Waals surface area contributed by atoms with Gasteiger partial charge in [0.25, 0.3) is 5.91 Å². The summed E-state index contributed by atoms with van der Waals surface area (Å²) in [6, 6.07) is 21.8. The Bertz CT molecular complexity index is 1060. The van der Waals surface area contributed by atoms with E-state index in [1.165, 1.54) is 0 Å². The Morgan fingerprint density at radius 1 is 1.09 bits per heavy atom. The zero-order valence-corrected chi connectivity index (χ0v) is 18.1. The van der Waals surface area contributed by atoms with Crippen molar-refractivity contribution in [1.82, 2.24) is 15.2 Å². The fraction of sp³-hybridized carbons (Fsp3) is 0.269. The van der Waals surface area contributed by atoms with E-state index >= 15 is 0 Å². The fourth-order valence-electron chi connectivity index (χ4n) is 3.94. The number of amides is 2. The van der Waals surface area contributed by atoms with Gasteiger partial charge in [0.2, 0.25) is 5.91 Å². The minimum atomic E-state index is -0.450. The topological polar surface area (TPSA) is 71.5 Å². The number of pyridine rings is 1. The Balaban J connectivity index is 1.38. The van der Waals surface area contributed by atoms with E-state index in [1.807, 2.05) is 67.6 Å². The number of nitrogens with one attached hydrogen (secondary N) is 1. The first-order valence-electron chi connectivity index (χ1n) is 10.9. The van der Waals surface area contributed by atoms with Crippen molar-refractivity contribution < 1.29 is 14.3 Å². The third-order valence-corrected chi connectivity index (χ3v) is 5.67. The summed E-state index contributed by atoms with van der Waals surface area (Å²) in [7, 11) is 0. The number of likely N-dealkylation sites (tertiary alicyclic amines) is 1. The van der Waals surface area contributed by atoms with Gasteiger partial charge < -0.3 is 15.0 Å². The molecule has 3 aromatic rings. The largest absolute Gasteiger partial charge is 0.487 e. The third-order valence-electron chi connectivity index (χ3n) is 5.67. The van der Waals surface area contributed by atoms with Gasteiger partial charge in [0, 0.05) is 18.3 Å². The zero-order valence-electron chi connectivity index (χ0n) is 18.1. The lowest BCUT2D eigenvalue weighted by molar-refractivity contribution is -0.125. The molecule has 2 unspecified atom stereocenters. The lowest BCUT2D eigenvalue weighted by Crippen LogP contribution is -2.46. The first kappa shape index (κ1) is 21.6. The highest BCUT2D eigenvalue weighted by Crippen LogP contribution is 2.23. The zero-order chi connectivity index (χ0) is 22.3. The van der Waals surface area contributed by atoms with Crippen LogP contribution in [0.15, 0.2) is 79.0 Å². The average molecular weight is 430 g/mol. The predicted molar refractivity (Wildman–Crippen MR) is 122 cm³/mol. The number of benzene rings is 2. The smallest absolute Gasteiger partial charge is 0.254 e. The number of carbonyl (C=O) groups is 2. The lowest BCUT2D eigenvalue weighted by atomic mass is 10.1. The molecule has 32 heavy (non-hydrogen) atoms. The van der Waals surface area contributed by atoms with Crippen LogP contribution in [0.25, 0.3) is 0 Å². The number of nitrogens with zero attached hydrogens (tertiary/aromatic N) is 2. The molecule has 1 aliphatic rings. The molecule has 1 N–H and O–H groups in total. The van der Waals surface area contributed by atoms with Crippen LogP contribution in [0.1, 0.15) is 47.4 Å². The van der Waals surface area contributed by atoms with Crippen molar-refractivity contribution in [1.29, 1.82) is 0 Å². The number of rotatable bonds is 7. The second kappa shape index (κ2) is 10.1. The summed E-state index contributed by atoms with van der Waals surface area (Å²) >= 11 is 0. The maximum atomic E-state index is 13.0. The van der Waals surface area contributed by atoms with Crippen LogP contribution in [0.2, 0.25) is 0 Å². The van der Waals surface area contributed by atoms with Crippen molar-refractivity contribution in [2.45, 2.75) is 38.5 Å². The van der Waals surface area contributed by atoms with Crippen LogP contribution in [-0.4, -0.2) is 34.3 Å². The van der Waals surface area contributed by atoms with Gasteiger partial charge in [-0.25, -0.2) is 0 Å². The Morgan fingerprint density at radius 2 is 1.91 bits per heavy atom. The molecule has 2 aromatic carbocycles. The molecular weight excluding hydrogens is 402 g/mol. The normalized spacial score (nSPS) is 16.4. The number of hydrogen-bond acceptors (Lipinski definition) is 4. The minimum Gasteiger partial charge on any atom is -0.487 e. The minimum absolute atomic E-state index is 0.0965. The first-order valence-corrected chi connectivity index (χ1v) is 10.9. The second-order valence-corrected chi connectivity index (χ2v) is 7.94. The van der Waals surface area contributed by atoms with E-state index < -0.39 is 6.04 Å². The first-order chi connectivity index (χ1) is 15.6. The molecule has 2 amide bonds. The molecule has 6 heteroatoms. The summed E-state index contributed by atoms with van der Waals surface area (Å²) in [4.78, 5) is 31.8. The average Bonchev–Trinajstić information content (AvgIpc) is 3.34. The quantitative estimate of drug-likeness (QED) is 0.613. The van der Waals surface area contributed by atoms with E-state index in [9.17, 15) is 9.59 Å². The van der Waals surface area contributed by atoms with Gasteiger partial charge >= 0.3 is 0 Å². The van der Waals surface area contributed by atoms with Gasteiger partial charge in [0.05, 0.1) is 11.7 Å². The third kappa shape index (κ3) is 5.14. The van der Waals surface area contributed by atoms with Crippen LogP contribution in [0, 0.1) is 0 Å². The summed E-state index contributed by atoms with van der Waals surface area (Å²) in [6.07, 6.45) is 3.23. The summed E-state index contributed by atoms with van der Waals surface area (Å²) in [5.41, 5.74) is 2.40. The molecule has 6 nitrogen and oxygen atoms in total. The molecule has 164 valence electrons. The predicted octanol–water partition coefficient (Wildman–Crippen LogP) is 4.14. The molecule has 2 atom stereocenters. The van der Waals surface area contributed by atoms with E-state index in [0.29, 0.717) is 25.1 Å². The molecule has 0 bridgehead atoms. The second-order valence-electron chi connectivity index (χ2n) is 7.94. The van der Waals surface area contributed by atoms with Crippen LogP contribution >= 0.6 is 0 Å². The highest BCUT2D eigenvalue weighted by Gasteiger charge is 2.35. The van der Waals surface area contributed by atoms with Crippen LogP contribution in [0.4, 0.5) is 0 Å². The Labute approximate surface area is 188 Å². The van der Waals surface area contributed by atoms with Gasteiger partial charge in [-0.15, -0.1) is 0 Å². The van der Waals surface area contributed by atoms with Crippen molar-refractivity contribution in [2.24, 2.45) is 0 Å². The van der Waals surface area contributed by atoms with Crippen molar-refractivity contribution in [3.05, 3.63) is 95.8 Å². The van der Waals surface area contributed by atoms with E-state index in [-0.39, 0.29) is 17.9 Å². The summed E-state index contributed by atoms with van der Waals surface area (Å²) in [6.45, 7) is 2.91. The SMILES string of the molecule is CC(NC(=O)C1CCCN1C(=O)c1ccccc1)c1cccc(OCc2ccccn2)c1. The Hall–Kier alpha value is -3.67. The molecule has 0 radical (unpaired) electrons. The highest BCUT2D eigenvalue weighted by atomic mass is 16.5. The van der Waals surface area contributed by atoms with Crippen molar-refractivity contribution in [3.63, 3.8) is 0 Å². The van der Waals surface area contributed by atoms with E-state index in [2.05, 4.69) is 10.3 Å². The van der Waals surface area contributed by atoms with Gasteiger partial charge in [0.15, 0.2) is 0 Å². The highest BCUT2D eigenvalue weighted by molar-refractivity contribution is 5.98. The van der Waals surface area contributed by atoms with Gasteiger partial charge in [-0.3, -0.25) is 14.6 Å². The van der Waals surface area contributed by atoms with Crippen LogP contribution < -0.4 is 10.1 Å². The molecule has 1 aliphatic heterocycles. The van der Waals surface area contributed by atoms with Crippen LogP contribution in [0.5, 0.6) is 5.75 Å². The van der Waals surface area contributed by atoms with E-state index in [0.717, 1.165) is 23.4 Å². The fourth-order valence-corrected chi connectivity index (χ4v) is 3.94. The Morgan fingerprint density at radius 3 is 2.69 bits per heavy atom. The maximum absolute atomic E-state index is 13.0. The summed E-state index contributed by atoms with van der Waals surface area (Å²) < 4.78 is 5.86. The number of carbonyl (C=O) groups excluding carboxylic acids is 2. The molecule has 4 rings (SSSR count). The molecule has 1 saturated heterocycles. The van der Waals surface area contributed by atoms with Crippen molar-refractivity contribution >= 4 is 11.8 Å². The van der Waals surface area contributed by atoms with Crippen molar-refractivity contribution in [2.75, 3.05) is 6.54 Å². The molecule has 0 spiro atoms. The number of hydrogen-bond donors (Lipinski definition) is 1. The molecule has 2 heterocycles. The number of ether oxygens (including phenoxy) is 1. The molecule has 1 fully saturated rings. The molecule has 1 aromatic heterocycles. The number of aromatic nitrogens is 1. The Kier molecular flexibility index (Phi) is 6.80. The summed E-state index contributed by atoms with van der Waals surface area (Å²) in [5, 5.41) is 3.07.